The number of furan rings is 1. The van der Waals surface area contributed by atoms with Crippen LogP contribution in [0.5, 0.6) is 0 Å². The lowest BCUT2D eigenvalue weighted by Crippen LogP contribution is -2.13. The molecule has 0 aliphatic heterocycles. The maximum atomic E-state index is 8.70. The second-order valence-corrected chi connectivity index (χ2v) is 2.61. The number of aliphatic hydroxyl groups excluding tert-OH is 1. The van der Waals surface area contributed by atoms with Gasteiger partial charge in [0, 0.05) is 13.0 Å². The number of rotatable bonds is 5. The van der Waals surface area contributed by atoms with Crippen molar-refractivity contribution in [3.8, 4) is 6.07 Å². The van der Waals surface area contributed by atoms with Crippen LogP contribution in [0.1, 0.15) is 17.9 Å². The normalized spacial score (nSPS) is 9.85. The summed E-state index contributed by atoms with van der Waals surface area (Å²) in [5.41, 5.74) is 0. The van der Waals surface area contributed by atoms with Crippen molar-refractivity contribution in [3.63, 3.8) is 0 Å². The molecule has 0 unspecified atom stereocenters. The van der Waals surface area contributed by atoms with E-state index in [2.05, 4.69) is 5.32 Å². The molecule has 1 heterocycles. The topological polar surface area (TPSA) is 69.2 Å². The minimum atomic E-state index is -0.0712. The van der Waals surface area contributed by atoms with E-state index in [0.29, 0.717) is 25.3 Å². The molecule has 0 atom stereocenters. The summed E-state index contributed by atoms with van der Waals surface area (Å²) in [4.78, 5) is 0. The molecule has 0 aliphatic carbocycles. The molecule has 13 heavy (non-hydrogen) atoms. The minimum Gasteiger partial charge on any atom is -0.462 e. The van der Waals surface area contributed by atoms with Crippen LogP contribution in [-0.2, 0) is 13.2 Å². The van der Waals surface area contributed by atoms with Gasteiger partial charge in [0.25, 0.3) is 0 Å². The largest absolute Gasteiger partial charge is 0.462 e. The molecule has 0 saturated carbocycles. The predicted molar refractivity (Wildman–Crippen MR) is 46.6 cm³/mol. The number of hydrogen-bond donors (Lipinski definition) is 2. The van der Waals surface area contributed by atoms with Gasteiger partial charge < -0.3 is 14.8 Å². The van der Waals surface area contributed by atoms with Gasteiger partial charge in [0.05, 0.1) is 12.6 Å². The molecule has 0 fully saturated rings. The van der Waals surface area contributed by atoms with Crippen molar-refractivity contribution < 1.29 is 9.52 Å². The van der Waals surface area contributed by atoms with Gasteiger partial charge in [-0.1, -0.05) is 0 Å². The van der Waals surface area contributed by atoms with Crippen LogP contribution in [0.2, 0.25) is 0 Å². The van der Waals surface area contributed by atoms with Crippen molar-refractivity contribution in [3.05, 3.63) is 23.7 Å². The highest BCUT2D eigenvalue weighted by molar-refractivity contribution is 5.05. The van der Waals surface area contributed by atoms with E-state index >= 15 is 0 Å². The molecule has 70 valence electrons. The molecule has 1 aromatic heterocycles. The first kappa shape index (κ1) is 9.78. The van der Waals surface area contributed by atoms with Crippen molar-refractivity contribution in [2.75, 3.05) is 6.54 Å². The predicted octanol–water partition coefficient (Wildman–Crippen LogP) is 0.775. The third-order valence-corrected chi connectivity index (χ3v) is 1.59. The molecule has 2 N–H and O–H groups in total. The first-order valence-electron chi connectivity index (χ1n) is 4.13. The van der Waals surface area contributed by atoms with Gasteiger partial charge >= 0.3 is 0 Å². The summed E-state index contributed by atoms with van der Waals surface area (Å²) in [6.07, 6.45) is 0.494. The summed E-state index contributed by atoms with van der Waals surface area (Å²) >= 11 is 0. The van der Waals surface area contributed by atoms with E-state index in [1.54, 1.807) is 6.07 Å². The Labute approximate surface area is 76.8 Å². The van der Waals surface area contributed by atoms with Crippen LogP contribution < -0.4 is 5.32 Å². The van der Waals surface area contributed by atoms with Gasteiger partial charge in [-0.3, -0.25) is 0 Å². The van der Waals surface area contributed by atoms with Crippen LogP contribution in [0.15, 0.2) is 16.5 Å². The fourth-order valence-electron chi connectivity index (χ4n) is 0.958. The van der Waals surface area contributed by atoms with E-state index < -0.39 is 0 Å². The van der Waals surface area contributed by atoms with E-state index in [1.165, 1.54) is 0 Å². The molecule has 0 aliphatic rings. The molecule has 0 radical (unpaired) electrons. The Hall–Kier alpha value is -1.31. The Morgan fingerprint density at radius 3 is 2.85 bits per heavy atom. The average molecular weight is 180 g/mol. The second kappa shape index (κ2) is 5.36. The highest BCUT2D eigenvalue weighted by atomic mass is 16.4. The summed E-state index contributed by atoms with van der Waals surface area (Å²) < 4.78 is 5.22. The maximum absolute atomic E-state index is 8.70. The highest BCUT2D eigenvalue weighted by Gasteiger charge is 1.99. The zero-order valence-corrected chi connectivity index (χ0v) is 7.29. The number of nitrogens with zero attached hydrogens (tertiary/aromatic N) is 1. The van der Waals surface area contributed by atoms with Gasteiger partial charge in [0.1, 0.15) is 18.1 Å². The fraction of sp³-hybridized carbons (Fsp3) is 0.444. The lowest BCUT2D eigenvalue weighted by molar-refractivity contribution is 0.243. The lowest BCUT2D eigenvalue weighted by atomic mass is 10.4. The van der Waals surface area contributed by atoms with Crippen LogP contribution >= 0.6 is 0 Å². The monoisotopic (exact) mass is 180 g/mol. The van der Waals surface area contributed by atoms with Gasteiger partial charge in [0.15, 0.2) is 0 Å². The molecule has 0 amide bonds. The Kier molecular flexibility index (Phi) is 4.03. The Morgan fingerprint density at radius 2 is 2.23 bits per heavy atom. The van der Waals surface area contributed by atoms with Crippen molar-refractivity contribution in [1.82, 2.24) is 5.32 Å². The number of hydrogen-bond acceptors (Lipinski definition) is 4. The third kappa shape index (κ3) is 3.28. The van der Waals surface area contributed by atoms with E-state index in [1.807, 2.05) is 12.1 Å². The lowest BCUT2D eigenvalue weighted by Gasteiger charge is -1.97. The van der Waals surface area contributed by atoms with Crippen LogP contribution in [-0.4, -0.2) is 11.7 Å². The van der Waals surface area contributed by atoms with Gasteiger partial charge in [-0.05, 0) is 12.1 Å². The SMILES string of the molecule is N#CCCNCc1ccc(CO)o1. The van der Waals surface area contributed by atoms with Gasteiger partial charge in [0.2, 0.25) is 0 Å². The van der Waals surface area contributed by atoms with E-state index in [0.717, 1.165) is 5.76 Å². The minimum absolute atomic E-state index is 0.0712. The number of aliphatic hydroxyl groups is 1. The molecule has 4 heteroatoms. The van der Waals surface area contributed by atoms with Crippen LogP contribution in [0.4, 0.5) is 0 Å². The third-order valence-electron chi connectivity index (χ3n) is 1.59. The molecular weight excluding hydrogens is 168 g/mol. The summed E-state index contributed by atoms with van der Waals surface area (Å²) in [7, 11) is 0. The van der Waals surface area contributed by atoms with E-state index in [4.69, 9.17) is 14.8 Å². The number of nitriles is 1. The first-order valence-corrected chi connectivity index (χ1v) is 4.13. The average Bonchev–Trinajstić information content (AvgIpc) is 2.60. The van der Waals surface area contributed by atoms with Crippen LogP contribution in [0.3, 0.4) is 0 Å². The summed E-state index contributed by atoms with van der Waals surface area (Å²) in [6, 6.07) is 5.59. The van der Waals surface area contributed by atoms with E-state index in [9.17, 15) is 0 Å². The van der Waals surface area contributed by atoms with Crippen molar-refractivity contribution >= 4 is 0 Å². The van der Waals surface area contributed by atoms with E-state index in [-0.39, 0.29) is 6.61 Å². The van der Waals surface area contributed by atoms with Gasteiger partial charge in [-0.2, -0.15) is 5.26 Å². The Bertz CT molecular complexity index is 288. The molecule has 0 aromatic carbocycles. The van der Waals surface area contributed by atoms with Crippen molar-refractivity contribution in [2.24, 2.45) is 0 Å². The fourth-order valence-corrected chi connectivity index (χ4v) is 0.958. The van der Waals surface area contributed by atoms with Crippen molar-refractivity contribution in [2.45, 2.75) is 19.6 Å². The molecule has 1 rings (SSSR count). The highest BCUT2D eigenvalue weighted by Crippen LogP contribution is 2.06. The summed E-state index contributed by atoms with van der Waals surface area (Å²) in [5, 5.41) is 20.0. The van der Waals surface area contributed by atoms with Crippen molar-refractivity contribution in [1.29, 1.82) is 5.26 Å². The first-order chi connectivity index (χ1) is 6.36. The molecular formula is C9H12N2O2. The molecule has 0 spiro atoms. The summed E-state index contributed by atoms with van der Waals surface area (Å²) in [6.45, 7) is 1.19. The Balaban J connectivity index is 2.25. The van der Waals surface area contributed by atoms with Gasteiger partial charge in [-0.15, -0.1) is 0 Å². The van der Waals surface area contributed by atoms with Crippen LogP contribution in [0, 0.1) is 11.3 Å². The smallest absolute Gasteiger partial charge is 0.129 e. The summed E-state index contributed by atoms with van der Waals surface area (Å²) in [5.74, 6) is 1.35. The number of nitrogens with one attached hydrogen (secondary N) is 1. The maximum Gasteiger partial charge on any atom is 0.129 e. The van der Waals surface area contributed by atoms with Gasteiger partial charge in [-0.25, -0.2) is 0 Å². The quantitative estimate of drug-likeness (QED) is 0.657. The Morgan fingerprint density at radius 1 is 1.46 bits per heavy atom. The standard InChI is InChI=1S/C9H12N2O2/c10-4-1-5-11-6-8-2-3-9(7-12)13-8/h2-3,11-12H,1,5-7H2. The second-order valence-electron chi connectivity index (χ2n) is 2.61. The molecule has 0 bridgehead atoms. The zero-order chi connectivity index (χ0) is 9.52. The van der Waals surface area contributed by atoms with Crippen LogP contribution in [0.25, 0.3) is 0 Å². The molecule has 4 nitrogen and oxygen atoms in total. The molecule has 1 aromatic rings. The zero-order valence-electron chi connectivity index (χ0n) is 7.29. The molecule has 0 saturated heterocycles.